The van der Waals surface area contributed by atoms with Crippen LogP contribution in [0.25, 0.3) is 0 Å². The van der Waals surface area contributed by atoms with Gasteiger partial charge in [-0.25, -0.2) is 0 Å². The third-order valence-electron chi connectivity index (χ3n) is 3.47. The fourth-order valence-corrected chi connectivity index (χ4v) is 3.79. The van der Waals surface area contributed by atoms with E-state index in [0.717, 1.165) is 18.8 Å². The number of hydrogen-bond donors (Lipinski definition) is 0. The molecule has 0 spiro atoms. The van der Waals surface area contributed by atoms with Crippen molar-refractivity contribution in [3.63, 3.8) is 0 Å². The summed E-state index contributed by atoms with van der Waals surface area (Å²) in [6.07, 6.45) is 8.65. The van der Waals surface area contributed by atoms with Gasteiger partial charge in [0.2, 0.25) is 0 Å². The Balaban J connectivity index is 2.45. The lowest BCUT2D eigenvalue weighted by atomic mass is 9.87. The molecule has 1 aliphatic heterocycles. The predicted octanol–water partition coefficient (Wildman–Crippen LogP) is 4.38. The van der Waals surface area contributed by atoms with Gasteiger partial charge in [-0.1, -0.05) is 39.5 Å². The summed E-state index contributed by atoms with van der Waals surface area (Å²) < 4.78 is -0.0194. The van der Waals surface area contributed by atoms with Gasteiger partial charge in [0.1, 0.15) is 4.75 Å². The molecule has 0 radical (unpaired) electrons. The Labute approximate surface area is 98.6 Å². The van der Waals surface area contributed by atoms with Crippen molar-refractivity contribution in [1.82, 2.24) is 0 Å². The lowest BCUT2D eigenvalue weighted by molar-refractivity contribution is 0.388. The van der Waals surface area contributed by atoms with Gasteiger partial charge in [-0.2, -0.15) is 5.26 Å². The van der Waals surface area contributed by atoms with Crippen molar-refractivity contribution in [2.45, 2.75) is 63.5 Å². The van der Waals surface area contributed by atoms with E-state index in [0.29, 0.717) is 0 Å². The Morgan fingerprint density at radius 2 is 2.27 bits per heavy atom. The quantitative estimate of drug-likeness (QED) is 0.669. The molecule has 0 saturated carbocycles. The minimum absolute atomic E-state index is 0.0194. The van der Waals surface area contributed by atoms with Crippen LogP contribution in [0.1, 0.15) is 58.8 Å². The van der Waals surface area contributed by atoms with E-state index >= 15 is 0 Å². The zero-order chi connectivity index (χ0) is 11.1. The normalized spacial score (nSPS) is 27.5. The van der Waals surface area contributed by atoms with Gasteiger partial charge in [0.15, 0.2) is 0 Å². The largest absolute Gasteiger partial charge is 0.197 e. The molecule has 0 bridgehead atoms. The van der Waals surface area contributed by atoms with E-state index in [1.807, 2.05) is 11.8 Å². The van der Waals surface area contributed by atoms with E-state index in [1.165, 1.54) is 37.9 Å². The Hall–Kier alpha value is -0.160. The van der Waals surface area contributed by atoms with E-state index < -0.39 is 0 Å². The maximum atomic E-state index is 9.32. The molecule has 0 aromatic heterocycles. The van der Waals surface area contributed by atoms with Gasteiger partial charge in [-0.05, 0) is 30.9 Å². The molecule has 0 aliphatic carbocycles. The predicted molar refractivity (Wildman–Crippen MR) is 68.0 cm³/mol. The van der Waals surface area contributed by atoms with Crippen LogP contribution >= 0.6 is 11.8 Å². The second kappa shape index (κ2) is 6.43. The lowest BCUT2D eigenvalue weighted by Crippen LogP contribution is -2.22. The molecule has 1 rings (SSSR count). The first kappa shape index (κ1) is 12.9. The molecule has 2 heteroatoms. The molecule has 1 fully saturated rings. The third kappa shape index (κ3) is 3.72. The average molecular weight is 225 g/mol. The van der Waals surface area contributed by atoms with Gasteiger partial charge in [0.05, 0.1) is 6.07 Å². The van der Waals surface area contributed by atoms with Crippen molar-refractivity contribution in [3.05, 3.63) is 0 Å². The van der Waals surface area contributed by atoms with Crippen LogP contribution in [0.5, 0.6) is 0 Å². The summed E-state index contributed by atoms with van der Waals surface area (Å²) in [5, 5.41) is 9.32. The lowest BCUT2D eigenvalue weighted by Gasteiger charge is -2.25. The summed E-state index contributed by atoms with van der Waals surface area (Å²) >= 11 is 1.91. The average Bonchev–Trinajstić information content (AvgIpc) is 2.73. The van der Waals surface area contributed by atoms with Crippen LogP contribution in [-0.4, -0.2) is 10.5 Å². The first-order chi connectivity index (χ1) is 7.26. The number of nitriles is 1. The molecule has 1 aliphatic rings. The molecule has 0 aromatic rings. The molecule has 1 saturated heterocycles. The smallest absolute Gasteiger partial charge is 0.103 e. The molecule has 0 N–H and O–H groups in total. The highest BCUT2D eigenvalue weighted by molar-refractivity contribution is 8.01. The van der Waals surface area contributed by atoms with Crippen molar-refractivity contribution in [1.29, 1.82) is 5.26 Å². The SMILES string of the molecule is CCCCC(CC)CC1(C#N)CCCS1. The van der Waals surface area contributed by atoms with Crippen molar-refractivity contribution >= 4 is 11.8 Å². The molecule has 1 heterocycles. The van der Waals surface area contributed by atoms with E-state index in [2.05, 4.69) is 19.9 Å². The molecule has 0 amide bonds. The van der Waals surface area contributed by atoms with E-state index in [1.54, 1.807) is 0 Å². The van der Waals surface area contributed by atoms with Crippen LogP contribution in [0.4, 0.5) is 0 Å². The van der Waals surface area contributed by atoms with Crippen molar-refractivity contribution in [2.24, 2.45) is 5.92 Å². The Morgan fingerprint density at radius 1 is 1.47 bits per heavy atom. The minimum Gasteiger partial charge on any atom is -0.197 e. The Morgan fingerprint density at radius 3 is 2.73 bits per heavy atom. The van der Waals surface area contributed by atoms with Crippen molar-refractivity contribution in [3.8, 4) is 6.07 Å². The van der Waals surface area contributed by atoms with Crippen LogP contribution in [-0.2, 0) is 0 Å². The van der Waals surface area contributed by atoms with Gasteiger partial charge in [0, 0.05) is 0 Å². The highest BCUT2D eigenvalue weighted by atomic mass is 32.2. The molecular formula is C13H23NS. The molecule has 15 heavy (non-hydrogen) atoms. The molecular weight excluding hydrogens is 202 g/mol. The fourth-order valence-electron chi connectivity index (χ4n) is 2.40. The first-order valence-electron chi connectivity index (χ1n) is 6.31. The number of hydrogen-bond acceptors (Lipinski definition) is 2. The fraction of sp³-hybridized carbons (Fsp3) is 0.923. The summed E-state index contributed by atoms with van der Waals surface area (Å²) in [6.45, 7) is 4.52. The van der Waals surface area contributed by atoms with Gasteiger partial charge >= 0.3 is 0 Å². The zero-order valence-corrected chi connectivity index (χ0v) is 10.9. The second-order valence-corrected chi connectivity index (χ2v) is 6.16. The summed E-state index contributed by atoms with van der Waals surface area (Å²) in [5.41, 5.74) is 0. The van der Waals surface area contributed by atoms with Gasteiger partial charge in [0.25, 0.3) is 0 Å². The van der Waals surface area contributed by atoms with Gasteiger partial charge < -0.3 is 0 Å². The van der Waals surface area contributed by atoms with Gasteiger partial charge in [-0.3, -0.25) is 0 Å². The minimum atomic E-state index is -0.0194. The van der Waals surface area contributed by atoms with E-state index in [4.69, 9.17) is 0 Å². The van der Waals surface area contributed by atoms with Crippen LogP contribution in [0, 0.1) is 17.2 Å². The standard InChI is InChI=1S/C13H23NS/c1-3-5-7-12(4-2)10-13(11-14)8-6-9-15-13/h12H,3-10H2,1-2H3. The van der Waals surface area contributed by atoms with Crippen LogP contribution < -0.4 is 0 Å². The number of nitrogens with zero attached hydrogens (tertiary/aromatic N) is 1. The number of rotatable bonds is 6. The second-order valence-electron chi connectivity index (χ2n) is 4.68. The van der Waals surface area contributed by atoms with Gasteiger partial charge in [-0.15, -0.1) is 11.8 Å². The highest BCUT2D eigenvalue weighted by Gasteiger charge is 2.36. The van der Waals surface area contributed by atoms with Crippen molar-refractivity contribution < 1.29 is 0 Å². The van der Waals surface area contributed by atoms with Crippen LogP contribution in [0.2, 0.25) is 0 Å². The van der Waals surface area contributed by atoms with Crippen LogP contribution in [0.15, 0.2) is 0 Å². The highest BCUT2D eigenvalue weighted by Crippen LogP contribution is 2.43. The molecule has 2 unspecified atom stereocenters. The number of thioether (sulfide) groups is 1. The topological polar surface area (TPSA) is 23.8 Å². The molecule has 86 valence electrons. The molecule has 2 atom stereocenters. The van der Waals surface area contributed by atoms with E-state index in [-0.39, 0.29) is 4.75 Å². The monoisotopic (exact) mass is 225 g/mol. The zero-order valence-electron chi connectivity index (χ0n) is 10.1. The Kier molecular flexibility index (Phi) is 5.53. The maximum absolute atomic E-state index is 9.32. The Bertz CT molecular complexity index is 213. The van der Waals surface area contributed by atoms with E-state index in [9.17, 15) is 5.26 Å². The summed E-state index contributed by atoms with van der Waals surface area (Å²) in [6, 6.07) is 2.58. The number of unbranched alkanes of at least 4 members (excludes halogenated alkanes) is 1. The summed E-state index contributed by atoms with van der Waals surface area (Å²) in [5.74, 6) is 1.97. The third-order valence-corrected chi connectivity index (χ3v) is 4.98. The maximum Gasteiger partial charge on any atom is 0.103 e. The first-order valence-corrected chi connectivity index (χ1v) is 7.30. The van der Waals surface area contributed by atoms with Crippen LogP contribution in [0.3, 0.4) is 0 Å². The molecule has 1 nitrogen and oxygen atoms in total. The summed E-state index contributed by atoms with van der Waals surface area (Å²) in [4.78, 5) is 0. The summed E-state index contributed by atoms with van der Waals surface area (Å²) in [7, 11) is 0. The van der Waals surface area contributed by atoms with Crippen molar-refractivity contribution in [2.75, 3.05) is 5.75 Å². The molecule has 0 aromatic carbocycles.